The molecule has 2 N–H and O–H groups in total. The summed E-state index contributed by atoms with van der Waals surface area (Å²) in [5.74, 6) is 0.722. The molecule has 0 aromatic heterocycles. The highest BCUT2D eigenvalue weighted by Crippen LogP contribution is 2.29. The Kier molecular flexibility index (Phi) is 5.62. The summed E-state index contributed by atoms with van der Waals surface area (Å²) >= 11 is 0. The van der Waals surface area contributed by atoms with Gasteiger partial charge in [-0.15, -0.1) is 0 Å². The van der Waals surface area contributed by atoms with Crippen molar-refractivity contribution in [1.82, 2.24) is 0 Å². The monoisotopic (exact) mass is 185 g/mol. The molecule has 13 heavy (non-hydrogen) atoms. The van der Waals surface area contributed by atoms with Crippen molar-refractivity contribution in [3.8, 4) is 0 Å². The first kappa shape index (κ1) is 13.0. The molecule has 0 bridgehead atoms. The Balaban J connectivity index is 3.71. The molecule has 80 valence electrons. The maximum absolute atomic E-state index is 6.06. The van der Waals surface area contributed by atoms with Crippen LogP contribution in [0.1, 0.15) is 60.3 Å². The lowest BCUT2D eigenvalue weighted by Gasteiger charge is -2.29. The molecular formula is C12H27N. The van der Waals surface area contributed by atoms with Crippen molar-refractivity contribution in [3.05, 3.63) is 0 Å². The van der Waals surface area contributed by atoms with Gasteiger partial charge in [-0.3, -0.25) is 0 Å². The van der Waals surface area contributed by atoms with Crippen molar-refractivity contribution in [1.29, 1.82) is 0 Å². The van der Waals surface area contributed by atoms with Gasteiger partial charge in [-0.2, -0.15) is 0 Å². The molecule has 2 atom stereocenters. The lowest BCUT2D eigenvalue weighted by Crippen LogP contribution is -2.28. The Morgan fingerprint density at radius 1 is 1.23 bits per heavy atom. The molecule has 0 aromatic rings. The minimum atomic E-state index is 0.407. The van der Waals surface area contributed by atoms with Crippen molar-refractivity contribution in [2.45, 2.75) is 66.3 Å². The van der Waals surface area contributed by atoms with Crippen molar-refractivity contribution in [3.63, 3.8) is 0 Å². The van der Waals surface area contributed by atoms with Crippen molar-refractivity contribution in [2.75, 3.05) is 0 Å². The van der Waals surface area contributed by atoms with Gasteiger partial charge in [0.15, 0.2) is 0 Å². The highest BCUT2D eigenvalue weighted by molar-refractivity contribution is 4.74. The molecule has 0 aliphatic rings. The summed E-state index contributed by atoms with van der Waals surface area (Å²) in [5, 5.41) is 0. The van der Waals surface area contributed by atoms with E-state index in [-0.39, 0.29) is 0 Å². The van der Waals surface area contributed by atoms with E-state index < -0.39 is 0 Å². The van der Waals surface area contributed by atoms with E-state index in [1.165, 1.54) is 25.7 Å². The predicted molar refractivity (Wildman–Crippen MR) is 60.7 cm³/mol. The zero-order chi connectivity index (χ0) is 10.5. The minimum Gasteiger partial charge on any atom is -0.328 e. The fourth-order valence-electron chi connectivity index (χ4n) is 1.39. The van der Waals surface area contributed by atoms with E-state index in [9.17, 15) is 0 Å². The van der Waals surface area contributed by atoms with Crippen LogP contribution < -0.4 is 5.73 Å². The molecule has 0 spiro atoms. The van der Waals surface area contributed by atoms with E-state index in [4.69, 9.17) is 5.73 Å². The van der Waals surface area contributed by atoms with Gasteiger partial charge in [-0.05, 0) is 24.2 Å². The Morgan fingerprint density at radius 2 is 1.77 bits per heavy atom. The fraction of sp³-hybridized carbons (Fsp3) is 1.00. The third kappa shape index (κ3) is 6.09. The summed E-state index contributed by atoms with van der Waals surface area (Å²) in [6, 6.07) is 0.411. The van der Waals surface area contributed by atoms with E-state index in [1.807, 2.05) is 0 Å². The van der Waals surface area contributed by atoms with Crippen LogP contribution in [0.5, 0.6) is 0 Å². The largest absolute Gasteiger partial charge is 0.328 e. The van der Waals surface area contributed by atoms with Gasteiger partial charge in [-0.25, -0.2) is 0 Å². The van der Waals surface area contributed by atoms with Crippen LogP contribution in [-0.2, 0) is 0 Å². The molecule has 2 unspecified atom stereocenters. The van der Waals surface area contributed by atoms with Crippen LogP contribution in [0.2, 0.25) is 0 Å². The number of unbranched alkanes of at least 4 members (excludes halogenated alkanes) is 1. The molecule has 0 amide bonds. The Bertz CT molecular complexity index is 124. The van der Waals surface area contributed by atoms with Crippen LogP contribution in [0.3, 0.4) is 0 Å². The molecule has 0 aliphatic carbocycles. The maximum Gasteiger partial charge on any atom is 0.00415 e. The van der Waals surface area contributed by atoms with Crippen LogP contribution in [0.15, 0.2) is 0 Å². The van der Waals surface area contributed by atoms with Gasteiger partial charge in [-0.1, -0.05) is 47.5 Å². The highest BCUT2D eigenvalue weighted by Gasteiger charge is 2.21. The van der Waals surface area contributed by atoms with E-state index in [0.717, 1.165) is 5.92 Å². The zero-order valence-corrected chi connectivity index (χ0v) is 10.1. The molecule has 1 nitrogen and oxygen atoms in total. The first-order valence-electron chi connectivity index (χ1n) is 5.63. The second-order valence-electron chi connectivity index (χ2n) is 5.41. The number of rotatable bonds is 5. The maximum atomic E-state index is 6.06. The topological polar surface area (TPSA) is 26.0 Å². The molecule has 0 aromatic carbocycles. The van der Waals surface area contributed by atoms with Gasteiger partial charge in [0.2, 0.25) is 0 Å². The van der Waals surface area contributed by atoms with Gasteiger partial charge in [0.05, 0.1) is 0 Å². The average molecular weight is 185 g/mol. The molecule has 0 aliphatic heterocycles. The molecule has 0 rings (SSSR count). The van der Waals surface area contributed by atoms with E-state index in [2.05, 4.69) is 34.6 Å². The first-order chi connectivity index (χ1) is 5.88. The molecule has 1 heteroatoms. The third-order valence-electron chi connectivity index (χ3n) is 3.06. The molecular weight excluding hydrogens is 158 g/mol. The SMILES string of the molecule is CCCCC(N)CC(C)C(C)(C)C. The van der Waals surface area contributed by atoms with E-state index >= 15 is 0 Å². The van der Waals surface area contributed by atoms with Crippen molar-refractivity contribution in [2.24, 2.45) is 17.1 Å². The smallest absolute Gasteiger partial charge is 0.00415 e. The van der Waals surface area contributed by atoms with Crippen molar-refractivity contribution >= 4 is 0 Å². The molecule has 0 fully saturated rings. The van der Waals surface area contributed by atoms with Gasteiger partial charge in [0, 0.05) is 6.04 Å². The summed E-state index contributed by atoms with van der Waals surface area (Å²) in [7, 11) is 0. The minimum absolute atomic E-state index is 0.407. The second-order valence-corrected chi connectivity index (χ2v) is 5.41. The zero-order valence-electron chi connectivity index (χ0n) is 10.1. The predicted octanol–water partition coefficient (Wildman–Crippen LogP) is 3.58. The van der Waals surface area contributed by atoms with Crippen LogP contribution in [-0.4, -0.2) is 6.04 Å². The number of nitrogens with two attached hydrogens (primary N) is 1. The van der Waals surface area contributed by atoms with Crippen LogP contribution in [0.4, 0.5) is 0 Å². The Morgan fingerprint density at radius 3 is 2.15 bits per heavy atom. The third-order valence-corrected chi connectivity index (χ3v) is 3.06. The standard InChI is InChI=1S/C12H27N/c1-6-7-8-11(13)9-10(2)12(3,4)5/h10-11H,6-9,13H2,1-5H3. The highest BCUT2D eigenvalue weighted by atomic mass is 14.6. The molecule has 0 heterocycles. The summed E-state index contributed by atoms with van der Waals surface area (Å²) in [6.07, 6.45) is 4.90. The van der Waals surface area contributed by atoms with E-state index in [1.54, 1.807) is 0 Å². The normalized spacial score (nSPS) is 17.1. The Hall–Kier alpha value is -0.0400. The lowest BCUT2D eigenvalue weighted by atomic mass is 9.78. The molecule has 0 saturated carbocycles. The molecule has 0 saturated heterocycles. The van der Waals surface area contributed by atoms with Crippen LogP contribution >= 0.6 is 0 Å². The average Bonchev–Trinajstić information content (AvgIpc) is 1.99. The molecule has 0 radical (unpaired) electrons. The van der Waals surface area contributed by atoms with Crippen LogP contribution in [0.25, 0.3) is 0 Å². The number of hydrogen-bond donors (Lipinski definition) is 1. The summed E-state index contributed by atoms with van der Waals surface area (Å²) in [4.78, 5) is 0. The second kappa shape index (κ2) is 5.64. The van der Waals surface area contributed by atoms with Gasteiger partial charge in [0.25, 0.3) is 0 Å². The summed E-state index contributed by atoms with van der Waals surface area (Å²) < 4.78 is 0. The van der Waals surface area contributed by atoms with Crippen molar-refractivity contribution < 1.29 is 0 Å². The number of hydrogen-bond acceptors (Lipinski definition) is 1. The van der Waals surface area contributed by atoms with Gasteiger partial charge in [0.1, 0.15) is 0 Å². The quantitative estimate of drug-likeness (QED) is 0.696. The van der Waals surface area contributed by atoms with Gasteiger partial charge < -0.3 is 5.73 Å². The van der Waals surface area contributed by atoms with E-state index in [0.29, 0.717) is 11.5 Å². The fourth-order valence-corrected chi connectivity index (χ4v) is 1.39. The van der Waals surface area contributed by atoms with Crippen LogP contribution in [0, 0.1) is 11.3 Å². The Labute approximate surface area is 84.1 Å². The summed E-state index contributed by atoms with van der Waals surface area (Å²) in [6.45, 7) is 11.4. The summed E-state index contributed by atoms with van der Waals surface area (Å²) in [5.41, 5.74) is 6.46. The lowest BCUT2D eigenvalue weighted by molar-refractivity contribution is 0.230. The van der Waals surface area contributed by atoms with Gasteiger partial charge >= 0.3 is 0 Å². The first-order valence-corrected chi connectivity index (χ1v) is 5.63.